The smallest absolute Gasteiger partial charge is 0.246 e. The van der Waals surface area contributed by atoms with Crippen molar-refractivity contribution in [3.63, 3.8) is 0 Å². The van der Waals surface area contributed by atoms with Gasteiger partial charge in [-0.25, -0.2) is 0 Å². The number of hydrogen-bond acceptors (Lipinski definition) is 4. The third-order valence-electron chi connectivity index (χ3n) is 6.23. The van der Waals surface area contributed by atoms with E-state index in [1.807, 2.05) is 27.7 Å². The molecule has 0 aromatic heterocycles. The van der Waals surface area contributed by atoms with Crippen molar-refractivity contribution < 1.29 is 14.4 Å². The molecule has 0 aromatic rings. The van der Waals surface area contributed by atoms with Crippen molar-refractivity contribution in [3.05, 3.63) is 12.7 Å². The summed E-state index contributed by atoms with van der Waals surface area (Å²) in [7, 11) is 0. The van der Waals surface area contributed by atoms with E-state index in [0.29, 0.717) is 13.0 Å². The molecule has 1 saturated carbocycles. The molecule has 5 atom stereocenters. The summed E-state index contributed by atoms with van der Waals surface area (Å²) >= 11 is 0. The predicted molar refractivity (Wildman–Crippen MR) is 106 cm³/mol. The van der Waals surface area contributed by atoms with E-state index in [1.54, 1.807) is 4.90 Å². The Kier molecular flexibility index (Phi) is 5.93. The van der Waals surface area contributed by atoms with Crippen LogP contribution in [0.25, 0.3) is 0 Å². The van der Waals surface area contributed by atoms with Gasteiger partial charge in [-0.15, -0.1) is 0 Å². The maximum atomic E-state index is 13.4. The number of nitrogens with zero attached hydrogens (tertiary/aromatic N) is 2. The Balaban J connectivity index is 2.30. The van der Waals surface area contributed by atoms with Gasteiger partial charge >= 0.3 is 0 Å². The van der Waals surface area contributed by atoms with E-state index in [2.05, 4.69) is 37.1 Å². The van der Waals surface area contributed by atoms with Gasteiger partial charge < -0.3 is 15.5 Å². The molecule has 0 unspecified atom stereocenters. The van der Waals surface area contributed by atoms with Gasteiger partial charge in [0.2, 0.25) is 17.7 Å². The number of rotatable bonds is 6. The first kappa shape index (κ1) is 21.9. The molecule has 0 aromatic carbocycles. The van der Waals surface area contributed by atoms with Crippen molar-refractivity contribution in [2.24, 2.45) is 22.7 Å². The molecule has 0 bridgehead atoms. The van der Waals surface area contributed by atoms with Crippen molar-refractivity contribution in [2.75, 3.05) is 6.54 Å². The van der Waals surface area contributed by atoms with Crippen molar-refractivity contribution in [2.45, 2.75) is 66.1 Å². The molecule has 2 fully saturated rings. The van der Waals surface area contributed by atoms with Crippen LogP contribution in [0.2, 0.25) is 0 Å². The van der Waals surface area contributed by atoms with Crippen molar-refractivity contribution in [1.29, 1.82) is 5.26 Å². The lowest BCUT2D eigenvalue weighted by Crippen LogP contribution is -2.59. The van der Waals surface area contributed by atoms with Crippen LogP contribution in [0.4, 0.5) is 0 Å². The highest BCUT2D eigenvalue weighted by Crippen LogP contribution is 2.65. The van der Waals surface area contributed by atoms with E-state index in [0.717, 1.165) is 6.08 Å². The number of carbonyl (C=O) groups is 3. The van der Waals surface area contributed by atoms with Gasteiger partial charge in [-0.2, -0.15) is 5.26 Å². The van der Waals surface area contributed by atoms with E-state index in [4.69, 9.17) is 0 Å². The number of likely N-dealkylation sites (tertiary alicyclic amines) is 1. The fraction of sp³-hybridized carbons (Fsp3) is 0.714. The number of nitrogens with one attached hydrogen (secondary N) is 2. The second-order valence-electron chi connectivity index (χ2n) is 9.50. The normalized spacial score (nSPS) is 27.0. The van der Waals surface area contributed by atoms with Crippen LogP contribution in [0.5, 0.6) is 0 Å². The highest BCUT2D eigenvalue weighted by Gasteiger charge is 2.69. The SMILES string of the molecule is C=CC(=O)N[C@H](C(=O)N1C[C@H]2[C@@H]([C@H]1C(=O)N[C@H](C#N)CC)C2(C)C)C(C)(C)C. The van der Waals surface area contributed by atoms with E-state index < -0.39 is 29.4 Å². The van der Waals surface area contributed by atoms with Gasteiger partial charge in [-0.3, -0.25) is 14.4 Å². The van der Waals surface area contributed by atoms with E-state index in [-0.39, 0.29) is 29.1 Å². The number of nitriles is 1. The minimum absolute atomic E-state index is 0.0191. The molecule has 2 N–H and O–H groups in total. The number of piperidine rings is 1. The molecule has 7 nitrogen and oxygen atoms in total. The van der Waals surface area contributed by atoms with E-state index in [9.17, 15) is 19.6 Å². The summed E-state index contributed by atoms with van der Waals surface area (Å²) < 4.78 is 0. The highest BCUT2D eigenvalue weighted by molar-refractivity contribution is 5.96. The van der Waals surface area contributed by atoms with Crippen LogP contribution in [0.1, 0.15) is 48.0 Å². The first-order valence-corrected chi connectivity index (χ1v) is 9.83. The average Bonchev–Trinajstić information content (AvgIpc) is 2.98. The molecule has 2 aliphatic rings. The lowest BCUT2D eigenvalue weighted by atomic mass is 9.85. The number of fused-ring (bicyclic) bond motifs is 1. The van der Waals surface area contributed by atoms with Crippen LogP contribution >= 0.6 is 0 Å². The zero-order valence-corrected chi connectivity index (χ0v) is 17.7. The molecule has 3 amide bonds. The van der Waals surface area contributed by atoms with Crippen molar-refractivity contribution in [3.8, 4) is 6.07 Å². The largest absolute Gasteiger partial charge is 0.340 e. The van der Waals surface area contributed by atoms with Gasteiger partial charge in [0.15, 0.2) is 0 Å². The lowest BCUT2D eigenvalue weighted by molar-refractivity contribution is -0.145. The first-order chi connectivity index (χ1) is 12.9. The highest BCUT2D eigenvalue weighted by atomic mass is 16.2. The van der Waals surface area contributed by atoms with Crippen LogP contribution in [0.3, 0.4) is 0 Å². The summed E-state index contributed by atoms with van der Waals surface area (Å²) in [5.41, 5.74) is -0.549. The molecule has 1 saturated heterocycles. The van der Waals surface area contributed by atoms with Crippen LogP contribution in [0, 0.1) is 34.0 Å². The fourth-order valence-electron chi connectivity index (χ4n) is 4.31. The predicted octanol–water partition coefficient (Wildman–Crippen LogP) is 1.60. The summed E-state index contributed by atoms with van der Waals surface area (Å²) in [5, 5.41) is 14.7. The van der Waals surface area contributed by atoms with Crippen molar-refractivity contribution >= 4 is 17.7 Å². The molecule has 28 heavy (non-hydrogen) atoms. The fourth-order valence-corrected chi connectivity index (χ4v) is 4.31. The average molecular weight is 389 g/mol. The Bertz CT molecular complexity index is 716. The first-order valence-electron chi connectivity index (χ1n) is 9.83. The maximum absolute atomic E-state index is 13.4. The van der Waals surface area contributed by atoms with Gasteiger partial charge in [-0.05, 0) is 35.2 Å². The summed E-state index contributed by atoms with van der Waals surface area (Å²) in [4.78, 5) is 39.9. The summed E-state index contributed by atoms with van der Waals surface area (Å²) in [6.07, 6.45) is 1.64. The molecular formula is C21H32N4O3. The Hall–Kier alpha value is -2.36. The van der Waals surface area contributed by atoms with E-state index >= 15 is 0 Å². The molecule has 2 rings (SSSR count). The molecule has 1 aliphatic heterocycles. The Morgan fingerprint density at radius 1 is 1.32 bits per heavy atom. The van der Waals surface area contributed by atoms with E-state index in [1.165, 1.54) is 0 Å². The Morgan fingerprint density at radius 3 is 2.39 bits per heavy atom. The van der Waals surface area contributed by atoms with Gasteiger partial charge in [0.1, 0.15) is 18.1 Å². The summed E-state index contributed by atoms with van der Waals surface area (Å²) in [5.74, 6) is -0.679. The Morgan fingerprint density at radius 2 is 1.93 bits per heavy atom. The second kappa shape index (κ2) is 7.57. The zero-order chi connectivity index (χ0) is 21.4. The third-order valence-corrected chi connectivity index (χ3v) is 6.23. The quantitative estimate of drug-likeness (QED) is 0.675. The Labute approximate surface area is 167 Å². The monoisotopic (exact) mass is 388 g/mol. The molecular weight excluding hydrogens is 356 g/mol. The number of carbonyl (C=O) groups excluding carboxylic acids is 3. The number of amides is 3. The maximum Gasteiger partial charge on any atom is 0.246 e. The van der Waals surface area contributed by atoms with Crippen LogP contribution in [-0.4, -0.2) is 47.3 Å². The van der Waals surface area contributed by atoms with Crippen LogP contribution < -0.4 is 10.6 Å². The van der Waals surface area contributed by atoms with Gasteiger partial charge in [0, 0.05) is 6.54 Å². The van der Waals surface area contributed by atoms with Gasteiger partial charge in [0.25, 0.3) is 0 Å². The lowest BCUT2D eigenvalue weighted by Gasteiger charge is -2.37. The van der Waals surface area contributed by atoms with Crippen LogP contribution in [-0.2, 0) is 14.4 Å². The molecule has 1 heterocycles. The number of hydrogen-bond donors (Lipinski definition) is 2. The second-order valence-corrected chi connectivity index (χ2v) is 9.50. The molecule has 0 radical (unpaired) electrons. The summed E-state index contributed by atoms with van der Waals surface area (Å²) in [6.45, 7) is 15.6. The molecule has 0 spiro atoms. The minimum Gasteiger partial charge on any atom is -0.340 e. The molecule has 1 aliphatic carbocycles. The zero-order valence-electron chi connectivity index (χ0n) is 17.7. The molecule has 7 heteroatoms. The van der Waals surface area contributed by atoms with Crippen LogP contribution in [0.15, 0.2) is 12.7 Å². The third kappa shape index (κ3) is 3.91. The van der Waals surface area contributed by atoms with Gasteiger partial charge in [0.05, 0.1) is 6.07 Å². The minimum atomic E-state index is -0.771. The molecule has 154 valence electrons. The van der Waals surface area contributed by atoms with Gasteiger partial charge in [-0.1, -0.05) is 48.1 Å². The van der Waals surface area contributed by atoms with Crippen molar-refractivity contribution in [1.82, 2.24) is 15.5 Å². The summed E-state index contributed by atoms with van der Waals surface area (Å²) in [6, 6.07) is 0.101. The topological polar surface area (TPSA) is 102 Å². The standard InChI is InChI=1S/C21H32N4O3/c1-8-12(10-22)23-18(27)16-15-13(21(15,6)7)11-25(16)19(28)17(20(3,4)5)24-14(26)9-2/h9,12-13,15-17H,2,8,11H2,1,3-7H3,(H,23,27)(H,24,26)/t12-,13-,15-,16-,17+/m0/s1.